The second-order valence-corrected chi connectivity index (χ2v) is 6.22. The predicted molar refractivity (Wildman–Crippen MR) is 82.4 cm³/mol. The van der Waals surface area contributed by atoms with Crippen LogP contribution < -0.4 is 0 Å². The molecule has 1 saturated heterocycles. The first-order valence-electron chi connectivity index (χ1n) is 7.77. The van der Waals surface area contributed by atoms with Gasteiger partial charge in [0.2, 0.25) is 0 Å². The first kappa shape index (κ1) is 15.3. The van der Waals surface area contributed by atoms with Crippen LogP contribution in [0.4, 0.5) is 0 Å². The Morgan fingerprint density at radius 1 is 1.23 bits per heavy atom. The van der Waals surface area contributed by atoms with Crippen LogP contribution >= 0.6 is 0 Å². The number of rotatable bonds is 3. The van der Waals surface area contributed by atoms with Crippen molar-refractivity contribution in [3.05, 3.63) is 48.0 Å². The molecule has 22 heavy (non-hydrogen) atoms. The summed E-state index contributed by atoms with van der Waals surface area (Å²) in [4.78, 5) is 12.3. The summed E-state index contributed by atoms with van der Waals surface area (Å²) in [5.74, 6) is -0.0299. The summed E-state index contributed by atoms with van der Waals surface area (Å²) < 4.78 is 16.8. The standard InChI is InChI=1S/C18H22O4/c1-2-6-15-9-18(11-20-13-21-12-18)10-16(15)22-17(19)14-7-4-3-5-8-14/h2-8,15-16H,9-13H2,1H3/b6-2+/t15-,16+/m1/s1. The fourth-order valence-corrected chi connectivity index (χ4v) is 3.49. The van der Waals surface area contributed by atoms with Crippen LogP contribution in [0, 0.1) is 11.3 Å². The lowest BCUT2D eigenvalue weighted by atomic mass is 9.86. The molecule has 0 N–H and O–H groups in total. The zero-order chi connectivity index (χ0) is 15.4. The molecule has 4 heteroatoms. The fraction of sp³-hybridized carbons (Fsp3) is 0.500. The minimum Gasteiger partial charge on any atom is -0.458 e. The van der Waals surface area contributed by atoms with Crippen LogP contribution in [-0.4, -0.2) is 32.1 Å². The lowest BCUT2D eigenvalue weighted by Crippen LogP contribution is -2.36. The van der Waals surface area contributed by atoms with Gasteiger partial charge in [-0.25, -0.2) is 4.79 Å². The minimum absolute atomic E-state index is 0.0237. The normalized spacial score (nSPS) is 27.3. The summed E-state index contributed by atoms with van der Waals surface area (Å²) in [7, 11) is 0. The van der Waals surface area contributed by atoms with Crippen LogP contribution in [0.3, 0.4) is 0 Å². The molecule has 1 aromatic carbocycles. The third-order valence-electron chi connectivity index (χ3n) is 4.47. The van der Waals surface area contributed by atoms with E-state index in [1.54, 1.807) is 12.1 Å². The van der Waals surface area contributed by atoms with Crippen LogP contribution in [0.5, 0.6) is 0 Å². The maximum atomic E-state index is 12.3. The highest BCUT2D eigenvalue weighted by Crippen LogP contribution is 2.46. The van der Waals surface area contributed by atoms with Gasteiger partial charge in [0.25, 0.3) is 0 Å². The lowest BCUT2D eigenvalue weighted by molar-refractivity contribution is -0.164. The van der Waals surface area contributed by atoms with Crippen molar-refractivity contribution in [1.82, 2.24) is 0 Å². The van der Waals surface area contributed by atoms with Crippen LogP contribution in [0.2, 0.25) is 0 Å². The van der Waals surface area contributed by atoms with Gasteiger partial charge in [0, 0.05) is 11.3 Å². The maximum Gasteiger partial charge on any atom is 0.338 e. The largest absolute Gasteiger partial charge is 0.458 e. The van der Waals surface area contributed by atoms with Crippen molar-refractivity contribution in [2.24, 2.45) is 11.3 Å². The Kier molecular flexibility index (Phi) is 4.60. The van der Waals surface area contributed by atoms with E-state index in [4.69, 9.17) is 14.2 Å². The molecule has 4 nitrogen and oxygen atoms in total. The van der Waals surface area contributed by atoms with Crippen LogP contribution in [0.1, 0.15) is 30.1 Å². The van der Waals surface area contributed by atoms with Gasteiger partial charge in [0.15, 0.2) is 0 Å². The maximum absolute atomic E-state index is 12.3. The molecule has 2 fully saturated rings. The molecule has 118 valence electrons. The highest BCUT2D eigenvalue weighted by atomic mass is 16.7. The quantitative estimate of drug-likeness (QED) is 0.635. The van der Waals surface area contributed by atoms with Crippen molar-refractivity contribution in [3.8, 4) is 0 Å². The molecule has 0 amide bonds. The van der Waals surface area contributed by atoms with Crippen molar-refractivity contribution in [2.45, 2.75) is 25.9 Å². The van der Waals surface area contributed by atoms with E-state index in [9.17, 15) is 4.79 Å². The highest BCUT2D eigenvalue weighted by Gasteiger charge is 2.47. The minimum atomic E-state index is -0.255. The van der Waals surface area contributed by atoms with E-state index in [2.05, 4.69) is 6.08 Å². The number of carbonyl (C=O) groups excluding carboxylic acids is 1. The average molecular weight is 302 g/mol. The molecule has 2 atom stereocenters. The highest BCUT2D eigenvalue weighted by molar-refractivity contribution is 5.89. The molecule has 0 bridgehead atoms. The molecule has 2 aliphatic rings. The number of allylic oxidation sites excluding steroid dienone is 1. The molecule has 1 spiro atoms. The van der Waals surface area contributed by atoms with Crippen LogP contribution in [0.15, 0.2) is 42.5 Å². The fourth-order valence-electron chi connectivity index (χ4n) is 3.49. The zero-order valence-electron chi connectivity index (χ0n) is 12.9. The summed E-state index contributed by atoms with van der Waals surface area (Å²) in [6.45, 7) is 3.72. The second-order valence-electron chi connectivity index (χ2n) is 6.22. The van der Waals surface area contributed by atoms with Crippen molar-refractivity contribution >= 4 is 5.97 Å². The van der Waals surface area contributed by atoms with E-state index < -0.39 is 0 Å². The Balaban J connectivity index is 1.72. The monoisotopic (exact) mass is 302 g/mol. The third-order valence-corrected chi connectivity index (χ3v) is 4.47. The molecule has 0 radical (unpaired) electrons. The number of hydrogen-bond donors (Lipinski definition) is 0. The van der Waals surface area contributed by atoms with Gasteiger partial charge in [0.1, 0.15) is 12.9 Å². The molecule has 1 heterocycles. The lowest BCUT2D eigenvalue weighted by Gasteiger charge is -2.32. The predicted octanol–water partition coefficient (Wildman–Crippen LogP) is 3.19. The summed E-state index contributed by atoms with van der Waals surface area (Å²) in [6.07, 6.45) is 5.77. The molecule has 3 rings (SSSR count). The van der Waals surface area contributed by atoms with Gasteiger partial charge in [-0.3, -0.25) is 0 Å². The number of esters is 1. The number of ether oxygens (including phenoxy) is 3. The van der Waals surface area contributed by atoms with Gasteiger partial charge in [-0.15, -0.1) is 0 Å². The van der Waals surface area contributed by atoms with Crippen LogP contribution in [0.25, 0.3) is 0 Å². The Morgan fingerprint density at radius 3 is 2.64 bits per heavy atom. The molecule has 0 unspecified atom stereocenters. The van der Waals surface area contributed by atoms with E-state index in [-0.39, 0.29) is 23.4 Å². The molecule has 1 aromatic rings. The summed E-state index contributed by atoms with van der Waals surface area (Å²) in [5, 5.41) is 0. The third kappa shape index (κ3) is 3.23. The van der Waals surface area contributed by atoms with E-state index >= 15 is 0 Å². The van der Waals surface area contributed by atoms with Crippen molar-refractivity contribution in [3.63, 3.8) is 0 Å². The first-order chi connectivity index (χ1) is 10.7. The first-order valence-corrected chi connectivity index (χ1v) is 7.77. The molecule has 1 aliphatic heterocycles. The average Bonchev–Trinajstić information content (AvgIpc) is 2.86. The molecular weight excluding hydrogens is 280 g/mol. The van der Waals surface area contributed by atoms with Gasteiger partial charge >= 0.3 is 5.97 Å². The second kappa shape index (κ2) is 6.63. The number of benzene rings is 1. The number of carbonyl (C=O) groups is 1. The van der Waals surface area contributed by atoms with Crippen LogP contribution in [-0.2, 0) is 14.2 Å². The molecule has 1 saturated carbocycles. The van der Waals surface area contributed by atoms with E-state index in [1.165, 1.54) is 0 Å². The Morgan fingerprint density at radius 2 is 1.95 bits per heavy atom. The Bertz CT molecular complexity index is 531. The summed E-state index contributed by atoms with van der Waals surface area (Å²) in [5.41, 5.74) is 0.572. The van der Waals surface area contributed by atoms with Gasteiger partial charge in [0.05, 0.1) is 18.8 Å². The molecular formula is C18H22O4. The summed E-state index contributed by atoms with van der Waals surface area (Å²) in [6, 6.07) is 9.15. The van der Waals surface area contributed by atoms with Gasteiger partial charge in [-0.2, -0.15) is 0 Å². The zero-order valence-corrected chi connectivity index (χ0v) is 12.9. The van der Waals surface area contributed by atoms with E-state index in [0.29, 0.717) is 25.6 Å². The Hall–Kier alpha value is -1.65. The van der Waals surface area contributed by atoms with E-state index in [0.717, 1.165) is 12.8 Å². The summed E-state index contributed by atoms with van der Waals surface area (Å²) >= 11 is 0. The smallest absolute Gasteiger partial charge is 0.338 e. The SMILES string of the molecule is C/C=C/[C@@H]1CC2(COCOC2)C[C@@H]1OC(=O)c1ccccc1. The topological polar surface area (TPSA) is 44.8 Å². The molecule has 1 aliphatic carbocycles. The van der Waals surface area contributed by atoms with Crippen molar-refractivity contribution in [1.29, 1.82) is 0 Å². The van der Waals surface area contributed by atoms with Gasteiger partial charge in [-0.05, 0) is 31.9 Å². The Labute approximate surface area is 131 Å². The van der Waals surface area contributed by atoms with Gasteiger partial charge < -0.3 is 14.2 Å². The molecule has 0 aromatic heterocycles. The van der Waals surface area contributed by atoms with Crippen molar-refractivity contribution < 1.29 is 19.0 Å². The number of hydrogen-bond acceptors (Lipinski definition) is 4. The van der Waals surface area contributed by atoms with Crippen molar-refractivity contribution in [2.75, 3.05) is 20.0 Å². The van der Waals surface area contributed by atoms with Gasteiger partial charge in [-0.1, -0.05) is 30.4 Å². The van der Waals surface area contributed by atoms with E-state index in [1.807, 2.05) is 31.2 Å².